The number of carbonyl (C=O) groups excluding carboxylic acids is 1. The first-order valence-electron chi connectivity index (χ1n) is 8.30. The number of nitrogens with zero attached hydrogens (tertiary/aromatic N) is 2. The molecule has 1 amide bonds. The van der Waals surface area contributed by atoms with Gasteiger partial charge in [-0.3, -0.25) is 14.6 Å². The standard InChI is InChI=1S/C19H18N2O4/c22-17-9-15(19(23)24)18(21(17)11-12-2-1-6-20-10-12)14-3-4-16-13(8-14)5-7-25-16/h1-4,6,8,10,15,18H,5,7,9,11H2,(H,23,24). The summed E-state index contributed by atoms with van der Waals surface area (Å²) in [6.45, 7) is 0.999. The lowest BCUT2D eigenvalue weighted by atomic mass is 9.92. The minimum absolute atomic E-state index is 0.0217. The van der Waals surface area contributed by atoms with E-state index in [9.17, 15) is 14.7 Å². The lowest BCUT2D eigenvalue weighted by molar-refractivity contribution is -0.142. The molecule has 2 aliphatic rings. The first-order chi connectivity index (χ1) is 12.1. The number of hydrogen-bond donors (Lipinski definition) is 1. The van der Waals surface area contributed by atoms with Gasteiger partial charge < -0.3 is 14.7 Å². The van der Waals surface area contributed by atoms with Gasteiger partial charge in [0.2, 0.25) is 5.91 Å². The molecule has 2 aliphatic heterocycles. The summed E-state index contributed by atoms with van der Waals surface area (Å²) in [5, 5.41) is 9.62. The number of carbonyl (C=O) groups is 2. The van der Waals surface area contributed by atoms with Crippen LogP contribution in [-0.2, 0) is 22.6 Å². The van der Waals surface area contributed by atoms with Crippen LogP contribution in [0.1, 0.15) is 29.2 Å². The zero-order valence-corrected chi connectivity index (χ0v) is 13.6. The van der Waals surface area contributed by atoms with Crippen LogP contribution in [0.3, 0.4) is 0 Å². The molecule has 0 radical (unpaired) electrons. The molecule has 0 aliphatic carbocycles. The third-order valence-corrected chi connectivity index (χ3v) is 4.88. The zero-order valence-electron chi connectivity index (χ0n) is 13.6. The van der Waals surface area contributed by atoms with E-state index in [0.29, 0.717) is 13.2 Å². The Labute approximate surface area is 145 Å². The third-order valence-electron chi connectivity index (χ3n) is 4.88. The molecule has 2 atom stereocenters. The van der Waals surface area contributed by atoms with E-state index in [-0.39, 0.29) is 12.3 Å². The van der Waals surface area contributed by atoms with Crippen molar-refractivity contribution < 1.29 is 19.4 Å². The van der Waals surface area contributed by atoms with Crippen molar-refractivity contribution in [3.63, 3.8) is 0 Å². The van der Waals surface area contributed by atoms with E-state index in [1.54, 1.807) is 17.3 Å². The van der Waals surface area contributed by atoms with Gasteiger partial charge in [-0.1, -0.05) is 12.1 Å². The molecule has 1 aromatic heterocycles. The van der Waals surface area contributed by atoms with Gasteiger partial charge in [0.05, 0.1) is 18.6 Å². The first-order valence-corrected chi connectivity index (χ1v) is 8.30. The fourth-order valence-corrected chi connectivity index (χ4v) is 3.69. The van der Waals surface area contributed by atoms with E-state index >= 15 is 0 Å². The number of pyridine rings is 1. The van der Waals surface area contributed by atoms with Crippen LogP contribution < -0.4 is 4.74 Å². The highest BCUT2D eigenvalue weighted by atomic mass is 16.5. The second kappa shape index (κ2) is 6.20. The van der Waals surface area contributed by atoms with Crippen molar-refractivity contribution in [2.24, 2.45) is 5.92 Å². The molecule has 0 bridgehead atoms. The van der Waals surface area contributed by atoms with Crippen LogP contribution in [0.4, 0.5) is 0 Å². The Morgan fingerprint density at radius 1 is 1.36 bits per heavy atom. The van der Waals surface area contributed by atoms with E-state index in [1.807, 2.05) is 30.3 Å². The largest absolute Gasteiger partial charge is 0.493 e. The molecular formula is C19H18N2O4. The van der Waals surface area contributed by atoms with E-state index in [2.05, 4.69) is 4.98 Å². The number of ether oxygens (including phenoxy) is 1. The minimum atomic E-state index is -0.941. The summed E-state index contributed by atoms with van der Waals surface area (Å²) in [5.41, 5.74) is 2.81. The number of carboxylic acids is 1. The lowest BCUT2D eigenvalue weighted by Gasteiger charge is -2.27. The number of amides is 1. The molecule has 2 aromatic rings. The Bertz CT molecular complexity index is 821. The van der Waals surface area contributed by atoms with Crippen LogP contribution in [0.2, 0.25) is 0 Å². The van der Waals surface area contributed by atoms with Crippen molar-refractivity contribution in [1.29, 1.82) is 0 Å². The second-order valence-corrected chi connectivity index (χ2v) is 6.44. The van der Waals surface area contributed by atoms with Crippen molar-refractivity contribution >= 4 is 11.9 Å². The molecule has 1 N–H and O–H groups in total. The zero-order chi connectivity index (χ0) is 17.4. The van der Waals surface area contributed by atoms with Gasteiger partial charge in [0.15, 0.2) is 0 Å². The van der Waals surface area contributed by atoms with Gasteiger partial charge in [-0.2, -0.15) is 0 Å². The van der Waals surface area contributed by atoms with Gasteiger partial charge in [-0.15, -0.1) is 0 Å². The number of benzene rings is 1. The first kappa shape index (κ1) is 15.6. The second-order valence-electron chi connectivity index (χ2n) is 6.44. The molecule has 3 heterocycles. The van der Waals surface area contributed by atoms with Gasteiger partial charge in [0.1, 0.15) is 5.75 Å². The minimum Gasteiger partial charge on any atom is -0.493 e. The number of rotatable bonds is 4. The maximum atomic E-state index is 12.5. The average molecular weight is 338 g/mol. The summed E-state index contributed by atoms with van der Waals surface area (Å²) in [4.78, 5) is 30.0. The van der Waals surface area contributed by atoms with Crippen molar-refractivity contribution in [2.45, 2.75) is 25.4 Å². The number of carboxylic acid groups (broad SMARTS) is 1. The molecule has 6 nitrogen and oxygen atoms in total. The SMILES string of the molecule is O=C(O)C1CC(=O)N(Cc2cccnc2)C1c1ccc2c(c1)CCO2. The van der Waals surface area contributed by atoms with Crippen LogP contribution >= 0.6 is 0 Å². The molecule has 2 unspecified atom stereocenters. The predicted octanol–water partition coefficient (Wildman–Crippen LogP) is 2.19. The van der Waals surface area contributed by atoms with E-state index in [0.717, 1.165) is 28.9 Å². The topological polar surface area (TPSA) is 79.7 Å². The van der Waals surface area contributed by atoms with Crippen molar-refractivity contribution in [3.8, 4) is 5.75 Å². The maximum Gasteiger partial charge on any atom is 0.309 e. The van der Waals surface area contributed by atoms with Crippen LogP contribution in [0, 0.1) is 5.92 Å². The third kappa shape index (κ3) is 2.84. The van der Waals surface area contributed by atoms with Crippen LogP contribution in [0.5, 0.6) is 5.75 Å². The number of aliphatic carboxylic acids is 1. The lowest BCUT2D eigenvalue weighted by Crippen LogP contribution is -2.30. The van der Waals surface area contributed by atoms with E-state index in [1.165, 1.54) is 0 Å². The highest BCUT2D eigenvalue weighted by molar-refractivity contribution is 5.87. The Morgan fingerprint density at radius 2 is 2.24 bits per heavy atom. The maximum absolute atomic E-state index is 12.5. The van der Waals surface area contributed by atoms with Gasteiger partial charge >= 0.3 is 5.97 Å². The summed E-state index contributed by atoms with van der Waals surface area (Å²) in [6.07, 6.45) is 4.21. The molecule has 1 saturated heterocycles. The number of likely N-dealkylation sites (tertiary alicyclic amines) is 1. The Hall–Kier alpha value is -2.89. The van der Waals surface area contributed by atoms with Crippen molar-refractivity contribution in [3.05, 3.63) is 59.4 Å². The summed E-state index contributed by atoms with van der Waals surface area (Å²) in [6, 6.07) is 8.96. The Kier molecular flexibility index (Phi) is 3.87. The average Bonchev–Trinajstić information content (AvgIpc) is 3.20. The van der Waals surface area contributed by atoms with Gasteiger partial charge in [-0.05, 0) is 34.9 Å². The smallest absolute Gasteiger partial charge is 0.309 e. The Morgan fingerprint density at radius 3 is 3.00 bits per heavy atom. The summed E-state index contributed by atoms with van der Waals surface area (Å²) in [5.74, 6) is -0.981. The molecule has 6 heteroatoms. The van der Waals surface area contributed by atoms with Crippen LogP contribution in [-0.4, -0.2) is 33.5 Å². The molecule has 4 rings (SSSR count). The number of hydrogen-bond acceptors (Lipinski definition) is 4. The number of aromatic nitrogens is 1. The normalized spacial score (nSPS) is 21.9. The molecular weight excluding hydrogens is 320 g/mol. The molecule has 1 aromatic carbocycles. The van der Waals surface area contributed by atoms with Crippen LogP contribution in [0.25, 0.3) is 0 Å². The molecule has 128 valence electrons. The summed E-state index contributed by atoms with van der Waals surface area (Å²) < 4.78 is 5.53. The molecule has 25 heavy (non-hydrogen) atoms. The van der Waals surface area contributed by atoms with Gasteiger partial charge in [-0.25, -0.2) is 0 Å². The highest BCUT2D eigenvalue weighted by Crippen LogP contribution is 2.41. The monoisotopic (exact) mass is 338 g/mol. The highest BCUT2D eigenvalue weighted by Gasteiger charge is 2.44. The van der Waals surface area contributed by atoms with Crippen molar-refractivity contribution in [2.75, 3.05) is 6.61 Å². The Balaban J connectivity index is 1.71. The summed E-state index contributed by atoms with van der Waals surface area (Å²) in [7, 11) is 0. The number of fused-ring (bicyclic) bond motifs is 1. The quantitative estimate of drug-likeness (QED) is 0.924. The van der Waals surface area contributed by atoms with Crippen molar-refractivity contribution in [1.82, 2.24) is 9.88 Å². The summed E-state index contributed by atoms with van der Waals surface area (Å²) >= 11 is 0. The molecule has 0 saturated carbocycles. The van der Waals surface area contributed by atoms with E-state index in [4.69, 9.17) is 4.74 Å². The predicted molar refractivity (Wildman–Crippen MR) is 88.9 cm³/mol. The van der Waals surface area contributed by atoms with Crippen LogP contribution in [0.15, 0.2) is 42.7 Å². The molecule has 0 spiro atoms. The molecule has 1 fully saturated rings. The van der Waals surface area contributed by atoms with Gasteiger partial charge in [0.25, 0.3) is 0 Å². The fourth-order valence-electron chi connectivity index (χ4n) is 3.69. The van der Waals surface area contributed by atoms with Gasteiger partial charge in [0, 0.05) is 31.8 Å². The fraction of sp³-hybridized carbons (Fsp3) is 0.316. The van der Waals surface area contributed by atoms with E-state index < -0.39 is 17.9 Å².